The molecule has 6 nitrogen and oxygen atoms in total. The van der Waals surface area contributed by atoms with Gasteiger partial charge in [-0.15, -0.1) is 0 Å². The molecular weight excluding hydrogens is 278 g/mol. The van der Waals surface area contributed by atoms with Crippen molar-refractivity contribution in [3.63, 3.8) is 0 Å². The quantitative estimate of drug-likeness (QED) is 0.862. The molecule has 0 saturated carbocycles. The van der Waals surface area contributed by atoms with E-state index in [4.69, 9.17) is 0 Å². The average molecular weight is 299 g/mol. The van der Waals surface area contributed by atoms with Gasteiger partial charge in [0.15, 0.2) is 0 Å². The van der Waals surface area contributed by atoms with Gasteiger partial charge >= 0.3 is 5.91 Å². The minimum absolute atomic E-state index is 0.122. The van der Waals surface area contributed by atoms with Crippen LogP contribution in [0.2, 0.25) is 0 Å². The molecule has 1 aromatic heterocycles. The molecule has 0 bridgehead atoms. The van der Waals surface area contributed by atoms with Crippen molar-refractivity contribution in [2.75, 3.05) is 6.26 Å². The fourth-order valence-corrected chi connectivity index (χ4v) is 2.48. The third-order valence-electron chi connectivity index (χ3n) is 3.34. The molecule has 0 saturated heterocycles. The number of amides is 1. The summed E-state index contributed by atoms with van der Waals surface area (Å²) in [6.07, 6.45) is 5.23. The highest BCUT2D eigenvalue weighted by Crippen LogP contribution is 2.30. The molecule has 0 aliphatic rings. The van der Waals surface area contributed by atoms with Crippen LogP contribution in [-0.2, 0) is 15.4 Å². The van der Waals surface area contributed by atoms with Gasteiger partial charge in [-0.2, -0.15) is 0 Å². The monoisotopic (exact) mass is 299 g/mol. The summed E-state index contributed by atoms with van der Waals surface area (Å²) >= 11 is 0. The van der Waals surface area contributed by atoms with Crippen LogP contribution in [0.3, 0.4) is 0 Å². The molecular formula is C13H21N3O3S. The van der Waals surface area contributed by atoms with Gasteiger partial charge in [-0.1, -0.05) is 27.2 Å². The largest absolute Gasteiger partial charge is 0.302 e. The Kier molecular flexibility index (Phi) is 5.21. The maximum absolute atomic E-state index is 11.8. The second-order valence-electron chi connectivity index (χ2n) is 5.13. The van der Waals surface area contributed by atoms with Crippen LogP contribution in [0.5, 0.6) is 0 Å². The molecule has 0 aromatic carbocycles. The number of hydrogen-bond donors (Lipinski definition) is 1. The number of carbonyl (C=O) groups is 1. The van der Waals surface area contributed by atoms with Crippen LogP contribution < -0.4 is 4.72 Å². The molecule has 0 spiro atoms. The Morgan fingerprint density at radius 1 is 1.40 bits per heavy atom. The second-order valence-corrected chi connectivity index (χ2v) is 6.88. The summed E-state index contributed by atoms with van der Waals surface area (Å²) in [5.41, 5.74) is 0.619. The number of rotatable bonds is 6. The van der Waals surface area contributed by atoms with Crippen molar-refractivity contribution < 1.29 is 13.2 Å². The molecule has 0 aliphatic carbocycles. The van der Waals surface area contributed by atoms with Crippen LogP contribution in [0.15, 0.2) is 12.3 Å². The van der Waals surface area contributed by atoms with Gasteiger partial charge in [0.05, 0.1) is 11.9 Å². The number of carbonyl (C=O) groups excluding carboxylic acids is 1. The van der Waals surface area contributed by atoms with E-state index in [0.29, 0.717) is 0 Å². The first-order valence-electron chi connectivity index (χ1n) is 6.57. The maximum atomic E-state index is 11.8. The van der Waals surface area contributed by atoms with E-state index < -0.39 is 15.9 Å². The standard InChI is InChI=1S/C13H21N3O3S/c1-5-8-13(3,6-2)10-7-9-14-11(15-10)12(17)16-20(4,18)19/h7,9H,5-6,8H2,1-4H3,(H,16,17). The van der Waals surface area contributed by atoms with Crippen molar-refractivity contribution in [1.82, 2.24) is 14.7 Å². The normalized spacial score (nSPS) is 14.6. The Balaban J connectivity index is 3.10. The summed E-state index contributed by atoms with van der Waals surface area (Å²) in [6.45, 7) is 6.23. The van der Waals surface area contributed by atoms with Crippen LogP contribution in [-0.4, -0.2) is 30.5 Å². The number of sulfonamides is 1. The third-order valence-corrected chi connectivity index (χ3v) is 3.89. The van der Waals surface area contributed by atoms with E-state index >= 15 is 0 Å². The summed E-state index contributed by atoms with van der Waals surface area (Å²) in [5.74, 6) is -0.923. The van der Waals surface area contributed by atoms with Gasteiger partial charge in [0.1, 0.15) is 0 Å². The molecule has 112 valence electrons. The van der Waals surface area contributed by atoms with Crippen molar-refractivity contribution in [2.45, 2.75) is 45.4 Å². The van der Waals surface area contributed by atoms with Crippen LogP contribution in [0, 0.1) is 0 Å². The Morgan fingerprint density at radius 2 is 2.05 bits per heavy atom. The smallest absolute Gasteiger partial charge is 0.265 e. The minimum Gasteiger partial charge on any atom is -0.265 e. The van der Waals surface area contributed by atoms with Gasteiger partial charge in [-0.3, -0.25) is 4.79 Å². The van der Waals surface area contributed by atoms with E-state index in [9.17, 15) is 13.2 Å². The maximum Gasteiger partial charge on any atom is 0.302 e. The molecule has 1 N–H and O–H groups in total. The van der Waals surface area contributed by atoms with Crippen molar-refractivity contribution in [3.8, 4) is 0 Å². The first-order chi connectivity index (χ1) is 9.22. The number of hydrogen-bond acceptors (Lipinski definition) is 5. The predicted octanol–water partition coefficient (Wildman–Crippen LogP) is 1.63. The van der Waals surface area contributed by atoms with Crippen molar-refractivity contribution >= 4 is 15.9 Å². The van der Waals surface area contributed by atoms with E-state index in [2.05, 4.69) is 30.7 Å². The van der Waals surface area contributed by atoms with Crippen molar-refractivity contribution in [3.05, 3.63) is 23.8 Å². The Labute approximate surface area is 120 Å². The summed E-state index contributed by atoms with van der Waals surface area (Å²) in [6, 6.07) is 1.77. The van der Waals surface area contributed by atoms with Gasteiger partial charge < -0.3 is 0 Å². The lowest BCUT2D eigenvalue weighted by Crippen LogP contribution is -2.32. The molecule has 1 unspecified atom stereocenters. The predicted molar refractivity (Wildman–Crippen MR) is 76.9 cm³/mol. The lowest BCUT2D eigenvalue weighted by Gasteiger charge is -2.27. The van der Waals surface area contributed by atoms with Crippen LogP contribution in [0.25, 0.3) is 0 Å². The van der Waals surface area contributed by atoms with E-state index in [-0.39, 0.29) is 11.2 Å². The average Bonchev–Trinajstić information content (AvgIpc) is 2.37. The number of nitrogens with zero attached hydrogens (tertiary/aromatic N) is 2. The highest BCUT2D eigenvalue weighted by atomic mass is 32.2. The third kappa shape index (κ3) is 4.26. The Bertz CT molecular complexity index is 586. The molecule has 0 aliphatic heterocycles. The van der Waals surface area contributed by atoms with Crippen LogP contribution in [0.4, 0.5) is 0 Å². The molecule has 1 rings (SSSR count). The Morgan fingerprint density at radius 3 is 2.55 bits per heavy atom. The zero-order valence-electron chi connectivity index (χ0n) is 12.3. The van der Waals surface area contributed by atoms with Gasteiger partial charge in [0.25, 0.3) is 0 Å². The zero-order chi connectivity index (χ0) is 15.4. The summed E-state index contributed by atoms with van der Waals surface area (Å²) < 4.78 is 24.0. The van der Waals surface area contributed by atoms with Crippen LogP contribution >= 0.6 is 0 Å². The van der Waals surface area contributed by atoms with Gasteiger partial charge in [-0.25, -0.2) is 23.1 Å². The lowest BCUT2D eigenvalue weighted by atomic mass is 9.80. The molecule has 0 fully saturated rings. The van der Waals surface area contributed by atoms with E-state index in [1.165, 1.54) is 6.20 Å². The highest BCUT2D eigenvalue weighted by Gasteiger charge is 2.26. The molecule has 1 amide bonds. The fraction of sp³-hybridized carbons (Fsp3) is 0.615. The number of nitrogens with one attached hydrogen (secondary N) is 1. The first kappa shape index (κ1) is 16.6. The zero-order valence-corrected chi connectivity index (χ0v) is 13.1. The molecule has 20 heavy (non-hydrogen) atoms. The summed E-state index contributed by atoms with van der Waals surface area (Å²) in [4.78, 5) is 19.8. The molecule has 1 atom stereocenters. The topological polar surface area (TPSA) is 89.0 Å². The summed E-state index contributed by atoms with van der Waals surface area (Å²) in [5, 5.41) is 0. The fourth-order valence-electron chi connectivity index (χ4n) is 2.06. The van der Waals surface area contributed by atoms with Gasteiger partial charge in [0.2, 0.25) is 15.8 Å². The summed E-state index contributed by atoms with van der Waals surface area (Å²) in [7, 11) is -3.62. The SMILES string of the molecule is CCCC(C)(CC)c1ccnc(C(=O)NS(C)(=O)=O)n1. The van der Waals surface area contributed by atoms with Crippen molar-refractivity contribution in [2.24, 2.45) is 0 Å². The molecule has 1 heterocycles. The lowest BCUT2D eigenvalue weighted by molar-refractivity contribution is 0.0971. The first-order valence-corrected chi connectivity index (χ1v) is 8.46. The second kappa shape index (κ2) is 6.30. The molecule has 1 aromatic rings. The minimum atomic E-state index is -3.62. The van der Waals surface area contributed by atoms with Gasteiger partial charge in [0, 0.05) is 11.6 Å². The van der Waals surface area contributed by atoms with Crippen molar-refractivity contribution in [1.29, 1.82) is 0 Å². The van der Waals surface area contributed by atoms with E-state index in [1.54, 1.807) is 6.07 Å². The molecule has 0 radical (unpaired) electrons. The number of aromatic nitrogens is 2. The highest BCUT2D eigenvalue weighted by molar-refractivity contribution is 7.89. The van der Waals surface area contributed by atoms with Crippen LogP contribution in [0.1, 0.15) is 56.3 Å². The van der Waals surface area contributed by atoms with E-state index in [0.717, 1.165) is 31.2 Å². The molecule has 7 heteroatoms. The van der Waals surface area contributed by atoms with E-state index in [1.807, 2.05) is 4.72 Å². The Hall–Kier alpha value is -1.50. The van der Waals surface area contributed by atoms with Gasteiger partial charge in [-0.05, 0) is 18.9 Å².